The van der Waals surface area contributed by atoms with Crippen LogP contribution in [0.2, 0.25) is 0 Å². The predicted octanol–water partition coefficient (Wildman–Crippen LogP) is 1.94. The van der Waals surface area contributed by atoms with Gasteiger partial charge in [-0.05, 0) is 50.8 Å². The van der Waals surface area contributed by atoms with E-state index in [1.807, 2.05) is 22.8 Å². The van der Waals surface area contributed by atoms with Crippen molar-refractivity contribution in [1.82, 2.24) is 24.9 Å². The van der Waals surface area contributed by atoms with Crippen LogP contribution in [0, 0.1) is 0 Å². The molecule has 1 N–H and O–H groups in total. The molecule has 1 aromatic rings. The number of hydrogen-bond donors (Lipinski definition) is 1. The number of amides is 2. The second-order valence-corrected chi connectivity index (χ2v) is 7.68. The fourth-order valence-electron chi connectivity index (χ4n) is 4.26. The molecule has 3 aliphatic rings. The summed E-state index contributed by atoms with van der Waals surface area (Å²) < 4.78 is 1.88. The van der Waals surface area contributed by atoms with Crippen LogP contribution in [0.15, 0.2) is 12.4 Å². The Balaban J connectivity index is 1.50. The Kier molecular flexibility index (Phi) is 4.48. The highest BCUT2D eigenvalue weighted by molar-refractivity contribution is 5.75. The number of rotatable bonds is 3. The van der Waals surface area contributed by atoms with Crippen molar-refractivity contribution in [1.29, 1.82) is 0 Å². The molecule has 0 aromatic carbocycles. The van der Waals surface area contributed by atoms with Crippen LogP contribution in [0.4, 0.5) is 4.79 Å². The summed E-state index contributed by atoms with van der Waals surface area (Å²) in [4.78, 5) is 17.2. The first-order valence-electron chi connectivity index (χ1n) is 9.49. The third kappa shape index (κ3) is 3.43. The topological polar surface area (TPSA) is 53.4 Å². The number of likely N-dealkylation sites (tertiary alicyclic amines) is 2. The number of nitrogens with zero attached hydrogens (tertiary/aromatic N) is 4. The molecule has 24 heavy (non-hydrogen) atoms. The highest BCUT2D eigenvalue weighted by atomic mass is 16.2. The smallest absolute Gasteiger partial charge is 0.317 e. The van der Waals surface area contributed by atoms with Crippen molar-refractivity contribution >= 4 is 6.03 Å². The van der Waals surface area contributed by atoms with Crippen molar-refractivity contribution in [3.05, 3.63) is 18.0 Å². The third-order valence-electron chi connectivity index (χ3n) is 5.78. The minimum absolute atomic E-state index is 0.128. The van der Waals surface area contributed by atoms with Gasteiger partial charge in [0.1, 0.15) is 0 Å². The van der Waals surface area contributed by atoms with Gasteiger partial charge in [-0.3, -0.25) is 9.58 Å². The summed E-state index contributed by atoms with van der Waals surface area (Å²) in [5.74, 6) is 0.371. The van der Waals surface area contributed by atoms with E-state index in [-0.39, 0.29) is 6.03 Å². The van der Waals surface area contributed by atoms with E-state index < -0.39 is 0 Å². The van der Waals surface area contributed by atoms with Gasteiger partial charge < -0.3 is 10.2 Å². The highest BCUT2D eigenvalue weighted by Gasteiger charge is 2.37. The van der Waals surface area contributed by atoms with Crippen LogP contribution < -0.4 is 5.32 Å². The summed E-state index contributed by atoms with van der Waals surface area (Å²) in [6.07, 6.45) is 11.4. The number of hydrogen-bond acceptors (Lipinski definition) is 3. The first-order chi connectivity index (χ1) is 11.7. The Morgan fingerprint density at radius 1 is 1.17 bits per heavy atom. The summed E-state index contributed by atoms with van der Waals surface area (Å²) in [6, 6.07) is 1.09. The Bertz CT molecular complexity index is 576. The Labute approximate surface area is 144 Å². The van der Waals surface area contributed by atoms with E-state index in [2.05, 4.69) is 21.5 Å². The van der Waals surface area contributed by atoms with Crippen molar-refractivity contribution in [3.63, 3.8) is 0 Å². The number of carbonyl (C=O) groups excluding carboxylic acids is 1. The van der Waals surface area contributed by atoms with Gasteiger partial charge in [0.15, 0.2) is 0 Å². The van der Waals surface area contributed by atoms with Crippen molar-refractivity contribution in [2.75, 3.05) is 26.2 Å². The summed E-state index contributed by atoms with van der Waals surface area (Å²) in [7, 11) is 1.97. The SMILES string of the molecule is Cn1cc([C@@H]2CN(C(=O)NC3CC3)CC[C@@H]2N2CCCCC2)cn1. The second kappa shape index (κ2) is 6.75. The van der Waals surface area contributed by atoms with Crippen LogP contribution in [-0.2, 0) is 7.05 Å². The van der Waals surface area contributed by atoms with E-state index in [0.717, 1.165) is 32.4 Å². The second-order valence-electron chi connectivity index (χ2n) is 7.68. The molecule has 6 heteroatoms. The maximum absolute atomic E-state index is 12.5. The Morgan fingerprint density at radius 2 is 1.96 bits per heavy atom. The molecule has 1 aromatic heterocycles. The van der Waals surface area contributed by atoms with E-state index in [1.54, 1.807) is 0 Å². The molecule has 4 rings (SSSR count). The highest BCUT2D eigenvalue weighted by Crippen LogP contribution is 2.32. The van der Waals surface area contributed by atoms with Gasteiger partial charge in [-0.25, -0.2) is 4.79 Å². The molecule has 0 unspecified atom stereocenters. The molecule has 2 aliphatic heterocycles. The van der Waals surface area contributed by atoms with E-state index in [0.29, 0.717) is 18.0 Å². The van der Waals surface area contributed by atoms with Crippen molar-refractivity contribution in [2.45, 2.75) is 56.5 Å². The van der Waals surface area contributed by atoms with Gasteiger partial charge >= 0.3 is 6.03 Å². The maximum Gasteiger partial charge on any atom is 0.317 e. The number of piperidine rings is 2. The monoisotopic (exact) mass is 331 g/mol. The minimum Gasteiger partial charge on any atom is -0.335 e. The number of nitrogens with one attached hydrogen (secondary N) is 1. The molecule has 2 atom stereocenters. The Morgan fingerprint density at radius 3 is 2.62 bits per heavy atom. The van der Waals surface area contributed by atoms with Crippen LogP contribution in [0.3, 0.4) is 0 Å². The number of urea groups is 1. The molecule has 0 spiro atoms. The van der Waals surface area contributed by atoms with Crippen LogP contribution >= 0.6 is 0 Å². The maximum atomic E-state index is 12.5. The largest absolute Gasteiger partial charge is 0.335 e. The summed E-state index contributed by atoms with van der Waals surface area (Å²) in [5.41, 5.74) is 1.27. The van der Waals surface area contributed by atoms with E-state index in [1.165, 1.54) is 37.9 Å². The zero-order valence-electron chi connectivity index (χ0n) is 14.7. The molecule has 1 aliphatic carbocycles. The molecule has 2 amide bonds. The first kappa shape index (κ1) is 15.9. The molecule has 132 valence electrons. The lowest BCUT2D eigenvalue weighted by Gasteiger charge is -2.45. The van der Waals surface area contributed by atoms with Crippen LogP contribution in [0.5, 0.6) is 0 Å². The minimum atomic E-state index is 0.128. The number of aryl methyl sites for hydroxylation is 1. The van der Waals surface area contributed by atoms with Crippen molar-refractivity contribution in [3.8, 4) is 0 Å². The normalized spacial score (nSPS) is 28.8. The quantitative estimate of drug-likeness (QED) is 0.921. The van der Waals surface area contributed by atoms with Gasteiger partial charge in [-0.1, -0.05) is 6.42 Å². The predicted molar refractivity (Wildman–Crippen MR) is 92.9 cm³/mol. The molecule has 0 bridgehead atoms. The molecule has 0 radical (unpaired) electrons. The van der Waals surface area contributed by atoms with Crippen molar-refractivity contribution < 1.29 is 4.79 Å². The molecular formula is C18H29N5O. The van der Waals surface area contributed by atoms with E-state index >= 15 is 0 Å². The molecule has 2 saturated heterocycles. The zero-order chi connectivity index (χ0) is 16.5. The molecule has 1 saturated carbocycles. The lowest BCUT2D eigenvalue weighted by atomic mass is 9.85. The van der Waals surface area contributed by atoms with Gasteiger partial charge in [0, 0.05) is 44.3 Å². The first-order valence-corrected chi connectivity index (χ1v) is 9.49. The fourth-order valence-corrected chi connectivity index (χ4v) is 4.26. The average Bonchev–Trinajstić information content (AvgIpc) is 3.32. The van der Waals surface area contributed by atoms with Gasteiger partial charge in [0.25, 0.3) is 0 Å². The summed E-state index contributed by atoms with van der Waals surface area (Å²) in [6.45, 7) is 4.09. The standard InChI is InChI=1S/C18H29N5O/c1-21-12-14(11-19-21)16-13-23(18(24)20-15-5-6-15)10-7-17(16)22-8-3-2-4-9-22/h11-12,15-17H,2-10,13H2,1H3,(H,20,24)/t16-,17-/m0/s1. The van der Waals surface area contributed by atoms with Gasteiger partial charge in [0.05, 0.1) is 6.20 Å². The molecular weight excluding hydrogens is 302 g/mol. The van der Waals surface area contributed by atoms with Gasteiger partial charge in [-0.2, -0.15) is 5.10 Å². The molecule has 3 fully saturated rings. The Hall–Kier alpha value is -1.56. The molecule has 3 heterocycles. The van der Waals surface area contributed by atoms with E-state index in [9.17, 15) is 4.79 Å². The lowest BCUT2D eigenvalue weighted by Crippen LogP contribution is -2.54. The third-order valence-corrected chi connectivity index (χ3v) is 5.78. The van der Waals surface area contributed by atoms with Crippen LogP contribution in [-0.4, -0.2) is 63.9 Å². The van der Waals surface area contributed by atoms with Crippen LogP contribution in [0.25, 0.3) is 0 Å². The average molecular weight is 331 g/mol. The number of aromatic nitrogens is 2. The fraction of sp³-hybridized carbons (Fsp3) is 0.778. The van der Waals surface area contributed by atoms with Gasteiger partial charge in [0.2, 0.25) is 0 Å². The van der Waals surface area contributed by atoms with Gasteiger partial charge in [-0.15, -0.1) is 0 Å². The zero-order valence-corrected chi connectivity index (χ0v) is 14.7. The van der Waals surface area contributed by atoms with E-state index in [4.69, 9.17) is 0 Å². The lowest BCUT2D eigenvalue weighted by molar-refractivity contribution is 0.0837. The van der Waals surface area contributed by atoms with Crippen molar-refractivity contribution in [2.24, 2.45) is 7.05 Å². The molecule has 6 nitrogen and oxygen atoms in total. The number of carbonyl (C=O) groups is 1. The summed E-state index contributed by atoms with van der Waals surface area (Å²) >= 11 is 0. The van der Waals surface area contributed by atoms with Crippen LogP contribution in [0.1, 0.15) is 50.0 Å². The summed E-state index contributed by atoms with van der Waals surface area (Å²) in [5, 5.41) is 7.53.